The van der Waals surface area contributed by atoms with Crippen LogP contribution in [0.15, 0.2) is 71.3 Å². The Kier molecular flexibility index (Phi) is 5.34. The molecular formula is C19H15ClN2O4. The fourth-order valence-corrected chi connectivity index (χ4v) is 2.75. The molecule has 0 aliphatic carbocycles. The van der Waals surface area contributed by atoms with E-state index in [2.05, 4.69) is 0 Å². The van der Waals surface area contributed by atoms with Gasteiger partial charge in [0.05, 0.1) is 28.3 Å². The molecule has 7 heteroatoms. The Balaban J connectivity index is 1.94. The minimum Gasteiger partial charge on any atom is -0.467 e. The molecule has 0 fully saturated rings. The third kappa shape index (κ3) is 4.10. The lowest BCUT2D eigenvalue weighted by Gasteiger charge is -2.22. The van der Waals surface area contributed by atoms with E-state index in [1.165, 1.54) is 24.5 Å². The molecule has 132 valence electrons. The number of carbonyl (C=O) groups excluding carboxylic acids is 1. The maximum atomic E-state index is 13.0. The zero-order valence-electron chi connectivity index (χ0n) is 13.7. The van der Waals surface area contributed by atoms with Crippen LogP contribution in [0.3, 0.4) is 0 Å². The molecule has 0 saturated carbocycles. The van der Waals surface area contributed by atoms with Gasteiger partial charge in [-0.05, 0) is 23.8 Å². The van der Waals surface area contributed by atoms with Crippen LogP contribution in [0.4, 0.5) is 5.69 Å². The van der Waals surface area contributed by atoms with Crippen LogP contribution in [0, 0.1) is 10.1 Å². The molecule has 1 amide bonds. The van der Waals surface area contributed by atoms with Crippen LogP contribution >= 0.6 is 11.6 Å². The van der Waals surface area contributed by atoms with E-state index in [0.717, 1.165) is 5.56 Å². The molecule has 0 radical (unpaired) electrons. The van der Waals surface area contributed by atoms with E-state index in [1.807, 2.05) is 30.3 Å². The molecular weight excluding hydrogens is 356 g/mol. The largest absolute Gasteiger partial charge is 0.467 e. The summed E-state index contributed by atoms with van der Waals surface area (Å²) in [6.45, 7) is 0.541. The number of amides is 1. The summed E-state index contributed by atoms with van der Waals surface area (Å²) in [4.78, 5) is 25.1. The highest BCUT2D eigenvalue weighted by molar-refractivity contribution is 6.33. The molecule has 0 N–H and O–H groups in total. The normalized spacial score (nSPS) is 10.5. The standard InChI is InChI=1S/C19H15ClN2O4/c20-18-9-8-15(22(24)25)11-17(18)19(23)21(13-16-7-4-10-26-16)12-14-5-2-1-3-6-14/h1-11H,12-13H2. The van der Waals surface area contributed by atoms with Crippen LogP contribution in [0.1, 0.15) is 21.7 Å². The van der Waals surface area contributed by atoms with Gasteiger partial charge in [-0.2, -0.15) is 0 Å². The molecule has 1 heterocycles. The minimum atomic E-state index is -0.554. The predicted octanol–water partition coefficient (Wildman–Crippen LogP) is 4.68. The van der Waals surface area contributed by atoms with Crippen LogP contribution < -0.4 is 0 Å². The van der Waals surface area contributed by atoms with Crippen molar-refractivity contribution in [3.05, 3.63) is 99.0 Å². The first kappa shape index (κ1) is 17.7. The Hall–Kier alpha value is -3.12. The van der Waals surface area contributed by atoms with Crippen molar-refractivity contribution in [2.24, 2.45) is 0 Å². The monoisotopic (exact) mass is 370 g/mol. The number of nitrogens with zero attached hydrogens (tertiary/aromatic N) is 2. The number of nitro groups is 1. The van der Waals surface area contributed by atoms with Crippen molar-refractivity contribution in [1.29, 1.82) is 0 Å². The zero-order chi connectivity index (χ0) is 18.5. The smallest absolute Gasteiger partial charge is 0.270 e. The van der Waals surface area contributed by atoms with Gasteiger partial charge in [-0.1, -0.05) is 41.9 Å². The summed E-state index contributed by atoms with van der Waals surface area (Å²) in [5.41, 5.74) is 0.827. The Morgan fingerprint density at radius 1 is 1.08 bits per heavy atom. The number of carbonyl (C=O) groups is 1. The summed E-state index contributed by atoms with van der Waals surface area (Å²) in [6, 6.07) is 16.8. The predicted molar refractivity (Wildman–Crippen MR) is 96.8 cm³/mol. The summed E-state index contributed by atoms with van der Waals surface area (Å²) in [6.07, 6.45) is 1.53. The summed E-state index contributed by atoms with van der Waals surface area (Å²) in [5, 5.41) is 11.2. The molecule has 1 aromatic heterocycles. The number of hydrogen-bond acceptors (Lipinski definition) is 4. The van der Waals surface area contributed by atoms with E-state index in [-0.39, 0.29) is 22.8 Å². The highest BCUT2D eigenvalue weighted by Crippen LogP contribution is 2.25. The first-order valence-electron chi connectivity index (χ1n) is 7.84. The summed E-state index contributed by atoms with van der Waals surface area (Å²) in [5.74, 6) is 0.204. The van der Waals surface area contributed by atoms with Gasteiger partial charge in [0.25, 0.3) is 11.6 Å². The maximum Gasteiger partial charge on any atom is 0.270 e. The lowest BCUT2D eigenvalue weighted by molar-refractivity contribution is -0.384. The SMILES string of the molecule is O=C(c1cc([N+](=O)[O-])ccc1Cl)N(Cc1ccccc1)Cc1ccco1. The number of hydrogen-bond donors (Lipinski definition) is 0. The number of nitro benzene ring substituents is 1. The van der Waals surface area contributed by atoms with Gasteiger partial charge in [-0.15, -0.1) is 0 Å². The van der Waals surface area contributed by atoms with Crippen molar-refractivity contribution in [2.45, 2.75) is 13.1 Å². The van der Waals surface area contributed by atoms with Crippen LogP contribution in [-0.2, 0) is 13.1 Å². The van der Waals surface area contributed by atoms with Crippen LogP contribution in [0.5, 0.6) is 0 Å². The molecule has 0 unspecified atom stereocenters. The fourth-order valence-electron chi connectivity index (χ4n) is 2.56. The van der Waals surface area contributed by atoms with Gasteiger partial charge in [0.1, 0.15) is 5.76 Å². The lowest BCUT2D eigenvalue weighted by Crippen LogP contribution is -2.30. The Bertz CT molecular complexity index is 911. The van der Waals surface area contributed by atoms with E-state index in [9.17, 15) is 14.9 Å². The first-order chi connectivity index (χ1) is 12.5. The van der Waals surface area contributed by atoms with Crippen molar-refractivity contribution < 1.29 is 14.1 Å². The molecule has 26 heavy (non-hydrogen) atoms. The average molecular weight is 371 g/mol. The lowest BCUT2D eigenvalue weighted by atomic mass is 10.1. The highest BCUT2D eigenvalue weighted by atomic mass is 35.5. The van der Waals surface area contributed by atoms with E-state index < -0.39 is 10.8 Å². The third-order valence-electron chi connectivity index (χ3n) is 3.82. The molecule has 0 saturated heterocycles. The fraction of sp³-hybridized carbons (Fsp3) is 0.105. The van der Waals surface area contributed by atoms with Gasteiger partial charge in [0, 0.05) is 18.7 Å². The van der Waals surface area contributed by atoms with Crippen LogP contribution in [0.25, 0.3) is 0 Å². The number of non-ortho nitro benzene ring substituents is 1. The van der Waals surface area contributed by atoms with Crippen molar-refractivity contribution in [3.63, 3.8) is 0 Å². The number of halogens is 1. The highest BCUT2D eigenvalue weighted by Gasteiger charge is 2.22. The van der Waals surface area contributed by atoms with E-state index in [0.29, 0.717) is 12.3 Å². The number of furan rings is 1. The molecule has 0 aliphatic rings. The van der Waals surface area contributed by atoms with Crippen molar-refractivity contribution in [1.82, 2.24) is 4.90 Å². The van der Waals surface area contributed by atoms with Gasteiger partial charge in [0.2, 0.25) is 0 Å². The molecule has 0 aliphatic heterocycles. The van der Waals surface area contributed by atoms with E-state index in [1.54, 1.807) is 17.0 Å². The van der Waals surface area contributed by atoms with Gasteiger partial charge in [-0.3, -0.25) is 14.9 Å². The Morgan fingerprint density at radius 3 is 2.50 bits per heavy atom. The quantitative estimate of drug-likeness (QED) is 0.466. The molecule has 3 aromatic rings. The van der Waals surface area contributed by atoms with Gasteiger partial charge < -0.3 is 9.32 Å². The summed E-state index contributed by atoms with van der Waals surface area (Å²) >= 11 is 6.13. The second kappa shape index (κ2) is 7.84. The zero-order valence-corrected chi connectivity index (χ0v) is 14.4. The van der Waals surface area contributed by atoms with Crippen LogP contribution in [0.2, 0.25) is 5.02 Å². The molecule has 3 rings (SSSR count). The van der Waals surface area contributed by atoms with Gasteiger partial charge in [0.15, 0.2) is 0 Å². The van der Waals surface area contributed by atoms with E-state index >= 15 is 0 Å². The second-order valence-electron chi connectivity index (χ2n) is 5.65. The molecule has 6 nitrogen and oxygen atoms in total. The van der Waals surface area contributed by atoms with Crippen molar-refractivity contribution in [3.8, 4) is 0 Å². The minimum absolute atomic E-state index is 0.0864. The molecule has 0 atom stereocenters. The third-order valence-corrected chi connectivity index (χ3v) is 4.15. The second-order valence-corrected chi connectivity index (χ2v) is 6.05. The maximum absolute atomic E-state index is 13.0. The number of benzene rings is 2. The average Bonchev–Trinajstić information content (AvgIpc) is 3.15. The Morgan fingerprint density at radius 2 is 1.85 bits per heavy atom. The van der Waals surface area contributed by atoms with Gasteiger partial charge >= 0.3 is 0 Å². The van der Waals surface area contributed by atoms with Crippen LogP contribution in [-0.4, -0.2) is 15.7 Å². The summed E-state index contributed by atoms with van der Waals surface area (Å²) in [7, 11) is 0. The van der Waals surface area contributed by atoms with E-state index in [4.69, 9.17) is 16.0 Å². The van der Waals surface area contributed by atoms with Gasteiger partial charge in [-0.25, -0.2) is 0 Å². The Labute approximate surface area is 154 Å². The number of rotatable bonds is 6. The first-order valence-corrected chi connectivity index (χ1v) is 8.22. The summed E-state index contributed by atoms with van der Waals surface area (Å²) < 4.78 is 5.34. The molecule has 0 spiro atoms. The topological polar surface area (TPSA) is 76.6 Å². The van der Waals surface area contributed by atoms with Crippen molar-refractivity contribution >= 4 is 23.2 Å². The van der Waals surface area contributed by atoms with Crippen molar-refractivity contribution in [2.75, 3.05) is 0 Å². The molecule has 2 aromatic carbocycles. The molecule has 0 bridgehead atoms.